The van der Waals surface area contributed by atoms with E-state index in [1.807, 2.05) is 34.6 Å². The third kappa shape index (κ3) is 4.50. The van der Waals surface area contributed by atoms with E-state index in [2.05, 4.69) is 15.8 Å². The van der Waals surface area contributed by atoms with Crippen LogP contribution in [0.15, 0.2) is 22.7 Å². The van der Waals surface area contributed by atoms with Gasteiger partial charge in [0.15, 0.2) is 5.76 Å². The Morgan fingerprint density at radius 1 is 1.12 bits per heavy atom. The van der Waals surface area contributed by atoms with Gasteiger partial charge in [-0.3, -0.25) is 9.59 Å². The van der Waals surface area contributed by atoms with E-state index in [1.165, 1.54) is 0 Å². The van der Waals surface area contributed by atoms with Gasteiger partial charge < -0.3 is 15.2 Å². The number of carbonyl (C=O) groups excluding carboxylic acids is 2. The minimum atomic E-state index is -0.257. The Morgan fingerprint density at radius 2 is 1.81 bits per heavy atom. The lowest BCUT2D eigenvalue weighted by Crippen LogP contribution is -2.27. The normalized spacial score (nSPS) is 11.1. The van der Waals surface area contributed by atoms with Gasteiger partial charge in [0, 0.05) is 23.7 Å². The first kappa shape index (κ1) is 19.7. The van der Waals surface area contributed by atoms with Gasteiger partial charge in [-0.2, -0.15) is 0 Å². The van der Waals surface area contributed by atoms with Crippen molar-refractivity contribution < 1.29 is 14.1 Å². The van der Waals surface area contributed by atoms with Gasteiger partial charge in [-0.25, -0.2) is 0 Å². The third-order valence-corrected chi connectivity index (χ3v) is 4.05. The highest BCUT2D eigenvalue weighted by atomic mass is 16.5. The molecule has 2 aromatic rings. The monoisotopic (exact) mass is 357 g/mol. The molecular formula is C20H27N3O3. The van der Waals surface area contributed by atoms with Gasteiger partial charge in [-0.1, -0.05) is 32.9 Å². The summed E-state index contributed by atoms with van der Waals surface area (Å²) in [6, 6.07) is 5.23. The molecule has 140 valence electrons. The molecule has 6 nitrogen and oxygen atoms in total. The summed E-state index contributed by atoms with van der Waals surface area (Å²) in [6.45, 7) is 12.2. The number of amides is 2. The van der Waals surface area contributed by atoms with Crippen molar-refractivity contribution in [3.05, 3.63) is 46.3 Å². The van der Waals surface area contributed by atoms with Gasteiger partial charge in [0.2, 0.25) is 0 Å². The average Bonchev–Trinajstić information content (AvgIpc) is 2.96. The topological polar surface area (TPSA) is 84.2 Å². The molecule has 2 N–H and O–H groups in total. The number of hydrogen-bond donors (Lipinski definition) is 2. The zero-order valence-corrected chi connectivity index (χ0v) is 16.3. The van der Waals surface area contributed by atoms with Crippen molar-refractivity contribution in [2.75, 3.05) is 11.9 Å². The van der Waals surface area contributed by atoms with Crippen LogP contribution in [0, 0.1) is 19.8 Å². The molecule has 0 unspecified atom stereocenters. The summed E-state index contributed by atoms with van der Waals surface area (Å²) in [6.07, 6.45) is 0. The zero-order chi connectivity index (χ0) is 19.4. The minimum Gasteiger partial charge on any atom is -0.360 e. The van der Waals surface area contributed by atoms with Crippen LogP contribution in [0.25, 0.3) is 0 Å². The van der Waals surface area contributed by atoms with E-state index >= 15 is 0 Å². The van der Waals surface area contributed by atoms with Crippen LogP contribution in [0.2, 0.25) is 0 Å². The van der Waals surface area contributed by atoms with Crippen molar-refractivity contribution in [3.63, 3.8) is 0 Å². The summed E-state index contributed by atoms with van der Waals surface area (Å²) in [5, 5.41) is 9.69. The molecular weight excluding hydrogens is 330 g/mol. The Morgan fingerprint density at radius 3 is 2.38 bits per heavy atom. The lowest BCUT2D eigenvalue weighted by molar-refractivity contribution is 0.0948. The first-order chi connectivity index (χ1) is 12.2. The fraction of sp³-hybridized carbons (Fsp3) is 0.450. The molecule has 0 aliphatic heterocycles. The fourth-order valence-electron chi connectivity index (χ4n) is 2.59. The van der Waals surface area contributed by atoms with E-state index in [-0.39, 0.29) is 17.7 Å². The number of aryl methyl sites for hydroxylation is 2. The Bertz CT molecular complexity index is 807. The second kappa shape index (κ2) is 8.17. The number of aromatic nitrogens is 1. The lowest BCUT2D eigenvalue weighted by Gasteiger charge is -2.12. The van der Waals surface area contributed by atoms with E-state index < -0.39 is 0 Å². The molecule has 2 amide bonds. The van der Waals surface area contributed by atoms with Crippen LogP contribution >= 0.6 is 0 Å². The van der Waals surface area contributed by atoms with E-state index in [1.54, 1.807) is 25.1 Å². The van der Waals surface area contributed by atoms with Crippen LogP contribution in [0.1, 0.15) is 71.3 Å². The van der Waals surface area contributed by atoms with Gasteiger partial charge in [-0.05, 0) is 43.5 Å². The Balaban J connectivity index is 2.17. The van der Waals surface area contributed by atoms with Crippen LogP contribution in [-0.4, -0.2) is 23.5 Å². The quantitative estimate of drug-likeness (QED) is 0.817. The summed E-state index contributed by atoms with van der Waals surface area (Å²) >= 11 is 0. The molecule has 0 bridgehead atoms. The summed E-state index contributed by atoms with van der Waals surface area (Å²) in [7, 11) is 0. The summed E-state index contributed by atoms with van der Waals surface area (Å²) in [4.78, 5) is 24.8. The maximum atomic E-state index is 12.7. The smallest absolute Gasteiger partial charge is 0.261 e. The third-order valence-electron chi connectivity index (χ3n) is 4.05. The molecule has 1 aromatic heterocycles. The standard InChI is InChI=1S/C20H27N3O3/c1-11(2)10-21-19(24)15-7-8-16(13(5)9-15)22-20(25)17-14(6)23-26-18(17)12(3)4/h7-9,11-12H,10H2,1-6H3,(H,21,24)(H,22,25). The molecule has 0 saturated heterocycles. The largest absolute Gasteiger partial charge is 0.360 e. The summed E-state index contributed by atoms with van der Waals surface area (Å²) < 4.78 is 5.28. The van der Waals surface area contributed by atoms with E-state index in [0.29, 0.717) is 40.7 Å². The van der Waals surface area contributed by atoms with Gasteiger partial charge in [0.05, 0.1) is 5.69 Å². The highest BCUT2D eigenvalue weighted by Crippen LogP contribution is 2.24. The van der Waals surface area contributed by atoms with Crippen molar-refractivity contribution in [1.29, 1.82) is 0 Å². The molecule has 0 atom stereocenters. The van der Waals surface area contributed by atoms with E-state index in [4.69, 9.17) is 4.52 Å². The fourth-order valence-corrected chi connectivity index (χ4v) is 2.59. The Labute approximate surface area is 154 Å². The number of rotatable bonds is 6. The molecule has 2 rings (SSSR count). The maximum absolute atomic E-state index is 12.7. The zero-order valence-electron chi connectivity index (χ0n) is 16.3. The minimum absolute atomic E-state index is 0.0603. The molecule has 26 heavy (non-hydrogen) atoms. The number of benzene rings is 1. The maximum Gasteiger partial charge on any atom is 0.261 e. The molecule has 0 aliphatic rings. The average molecular weight is 357 g/mol. The Hall–Kier alpha value is -2.63. The molecule has 0 saturated carbocycles. The van der Waals surface area contributed by atoms with Crippen LogP contribution in [0.5, 0.6) is 0 Å². The van der Waals surface area contributed by atoms with Gasteiger partial charge in [0.25, 0.3) is 11.8 Å². The Kier molecular flexibility index (Phi) is 6.18. The predicted molar refractivity (Wildman–Crippen MR) is 102 cm³/mol. The molecule has 0 radical (unpaired) electrons. The molecule has 1 aromatic carbocycles. The summed E-state index contributed by atoms with van der Waals surface area (Å²) in [5.74, 6) is 0.650. The molecule has 0 spiro atoms. The van der Waals surface area contributed by atoms with Crippen molar-refractivity contribution in [2.45, 2.75) is 47.5 Å². The van der Waals surface area contributed by atoms with Crippen molar-refractivity contribution in [3.8, 4) is 0 Å². The predicted octanol–water partition coefficient (Wildman–Crippen LogP) is 4.05. The number of anilines is 1. The lowest BCUT2D eigenvalue weighted by atomic mass is 10.0. The number of nitrogens with one attached hydrogen (secondary N) is 2. The highest BCUT2D eigenvalue weighted by Gasteiger charge is 2.23. The van der Waals surface area contributed by atoms with Gasteiger partial charge >= 0.3 is 0 Å². The van der Waals surface area contributed by atoms with Crippen molar-refractivity contribution in [2.24, 2.45) is 5.92 Å². The number of nitrogens with zero attached hydrogens (tertiary/aromatic N) is 1. The SMILES string of the molecule is Cc1cc(C(=O)NCC(C)C)ccc1NC(=O)c1c(C)noc1C(C)C. The molecule has 0 fully saturated rings. The van der Waals surface area contributed by atoms with Gasteiger partial charge in [-0.15, -0.1) is 0 Å². The van der Waals surface area contributed by atoms with E-state index in [0.717, 1.165) is 5.56 Å². The van der Waals surface area contributed by atoms with E-state index in [9.17, 15) is 9.59 Å². The number of carbonyl (C=O) groups is 2. The first-order valence-electron chi connectivity index (χ1n) is 8.87. The molecule has 6 heteroatoms. The van der Waals surface area contributed by atoms with Crippen molar-refractivity contribution >= 4 is 17.5 Å². The molecule has 1 heterocycles. The van der Waals surface area contributed by atoms with Crippen LogP contribution in [-0.2, 0) is 0 Å². The molecule has 0 aliphatic carbocycles. The summed E-state index contributed by atoms with van der Waals surface area (Å²) in [5.41, 5.74) is 3.08. The first-order valence-corrected chi connectivity index (χ1v) is 8.87. The second-order valence-electron chi connectivity index (χ2n) is 7.25. The van der Waals surface area contributed by atoms with Gasteiger partial charge in [0.1, 0.15) is 5.56 Å². The second-order valence-corrected chi connectivity index (χ2v) is 7.25. The van der Waals surface area contributed by atoms with Crippen LogP contribution < -0.4 is 10.6 Å². The highest BCUT2D eigenvalue weighted by molar-refractivity contribution is 6.06. The number of hydrogen-bond acceptors (Lipinski definition) is 4. The van der Waals surface area contributed by atoms with Crippen LogP contribution in [0.4, 0.5) is 5.69 Å². The van der Waals surface area contributed by atoms with Crippen LogP contribution in [0.3, 0.4) is 0 Å². The van der Waals surface area contributed by atoms with Crippen molar-refractivity contribution in [1.82, 2.24) is 10.5 Å².